The Bertz CT molecular complexity index is 1410. The van der Waals surface area contributed by atoms with Gasteiger partial charge in [-0.2, -0.15) is 5.10 Å². The number of anilines is 2. The normalized spacial score (nSPS) is 12.0. The van der Waals surface area contributed by atoms with Crippen LogP contribution in [0.5, 0.6) is 0 Å². The van der Waals surface area contributed by atoms with E-state index in [-0.39, 0.29) is 0 Å². The maximum atomic E-state index is 10.2. The lowest BCUT2D eigenvalue weighted by Crippen LogP contribution is -2.15. The Labute approximate surface area is 180 Å². The Balaban J connectivity index is 1.57. The molecule has 0 fully saturated rings. The van der Waals surface area contributed by atoms with E-state index in [2.05, 4.69) is 28.4 Å². The van der Waals surface area contributed by atoms with Crippen LogP contribution in [0.3, 0.4) is 0 Å². The third kappa shape index (κ3) is 3.43. The molecule has 0 unspecified atom stereocenters. The summed E-state index contributed by atoms with van der Waals surface area (Å²) in [7, 11) is 1.95. The summed E-state index contributed by atoms with van der Waals surface area (Å²) in [5.74, 6) is 0.668. The molecule has 0 aliphatic rings. The summed E-state index contributed by atoms with van der Waals surface area (Å²) in [6.07, 6.45) is 5.66. The molecule has 3 heterocycles. The molecule has 0 aliphatic heterocycles. The Morgan fingerprint density at radius 3 is 2.58 bits per heavy atom. The van der Waals surface area contributed by atoms with Crippen LogP contribution in [0, 0.1) is 6.92 Å². The van der Waals surface area contributed by atoms with Crippen molar-refractivity contribution in [2.24, 2.45) is 7.05 Å². The number of aliphatic hydroxyl groups is 1. The van der Waals surface area contributed by atoms with Crippen LogP contribution in [0.1, 0.15) is 25.1 Å². The van der Waals surface area contributed by atoms with Gasteiger partial charge in [0.25, 0.3) is 0 Å². The van der Waals surface area contributed by atoms with E-state index in [1.54, 1.807) is 20.0 Å². The van der Waals surface area contributed by atoms with Gasteiger partial charge in [0, 0.05) is 48.0 Å². The Morgan fingerprint density at radius 2 is 1.84 bits per heavy atom. The van der Waals surface area contributed by atoms with Crippen molar-refractivity contribution in [1.82, 2.24) is 24.1 Å². The second kappa shape index (κ2) is 6.92. The van der Waals surface area contributed by atoms with Gasteiger partial charge in [-0.15, -0.1) is 0 Å². The minimum Gasteiger partial charge on any atom is -0.386 e. The van der Waals surface area contributed by atoms with Crippen molar-refractivity contribution in [2.45, 2.75) is 26.4 Å². The molecule has 156 valence electrons. The van der Waals surface area contributed by atoms with Gasteiger partial charge in [0.05, 0.1) is 16.8 Å². The minimum atomic E-state index is -0.879. The molecule has 5 aromatic rings. The van der Waals surface area contributed by atoms with Crippen molar-refractivity contribution in [1.29, 1.82) is 0 Å². The highest BCUT2D eigenvalue weighted by Gasteiger charge is 2.16. The maximum Gasteiger partial charge on any atom is 0.180 e. The van der Waals surface area contributed by atoms with Gasteiger partial charge in [-0.3, -0.25) is 4.68 Å². The second-order valence-electron chi connectivity index (χ2n) is 8.34. The van der Waals surface area contributed by atoms with E-state index in [0.717, 1.165) is 44.8 Å². The summed E-state index contributed by atoms with van der Waals surface area (Å²) >= 11 is 0. The van der Waals surface area contributed by atoms with Gasteiger partial charge in [0.15, 0.2) is 11.5 Å². The smallest absolute Gasteiger partial charge is 0.180 e. The first kappa shape index (κ1) is 19.3. The molecule has 2 N–H and O–H groups in total. The lowest BCUT2D eigenvalue weighted by Gasteiger charge is -2.18. The molecule has 0 saturated heterocycles. The number of nitrogens with zero attached hydrogens (tertiary/aromatic N) is 5. The molecular weight excluding hydrogens is 388 g/mol. The molecule has 0 saturated carbocycles. The number of imidazole rings is 1. The van der Waals surface area contributed by atoms with Gasteiger partial charge in [0.2, 0.25) is 0 Å². The predicted molar refractivity (Wildman–Crippen MR) is 122 cm³/mol. The SMILES string of the molecule is Cc1c2cc(-c3cn4ccnc4c(Nc4ccc(C(C)(C)O)cc4)n3)ccc2nn1C. The van der Waals surface area contributed by atoms with Crippen LogP contribution in [0.25, 0.3) is 27.8 Å². The van der Waals surface area contributed by atoms with Crippen LogP contribution < -0.4 is 5.32 Å². The van der Waals surface area contributed by atoms with E-state index < -0.39 is 5.60 Å². The summed E-state index contributed by atoms with van der Waals surface area (Å²) in [4.78, 5) is 9.34. The molecule has 0 radical (unpaired) electrons. The van der Waals surface area contributed by atoms with Crippen LogP contribution in [0.4, 0.5) is 11.5 Å². The quantitative estimate of drug-likeness (QED) is 0.452. The largest absolute Gasteiger partial charge is 0.386 e. The maximum absolute atomic E-state index is 10.2. The topological polar surface area (TPSA) is 80.3 Å². The van der Waals surface area contributed by atoms with Crippen LogP contribution in [0.15, 0.2) is 61.1 Å². The molecule has 0 amide bonds. The summed E-state index contributed by atoms with van der Waals surface area (Å²) < 4.78 is 3.86. The standard InChI is InChI=1S/C24H24N6O/c1-15-19-13-16(5-10-20(19)28-29(15)4)21-14-30-12-11-25-23(30)22(27-21)26-18-8-6-17(7-9-18)24(2,3)31/h5-14,31H,1-4H3,(H,26,27). The highest BCUT2D eigenvalue weighted by atomic mass is 16.3. The van der Waals surface area contributed by atoms with Gasteiger partial charge in [-0.05, 0) is 50.6 Å². The Morgan fingerprint density at radius 1 is 1.06 bits per heavy atom. The van der Waals surface area contributed by atoms with Gasteiger partial charge in [0.1, 0.15) is 0 Å². The fourth-order valence-corrected chi connectivity index (χ4v) is 3.74. The van der Waals surface area contributed by atoms with E-state index in [9.17, 15) is 5.11 Å². The number of fused-ring (bicyclic) bond motifs is 2. The van der Waals surface area contributed by atoms with Crippen molar-refractivity contribution < 1.29 is 5.11 Å². The fraction of sp³-hybridized carbons (Fsp3) is 0.208. The molecule has 0 atom stereocenters. The fourth-order valence-electron chi connectivity index (χ4n) is 3.74. The molecule has 7 nitrogen and oxygen atoms in total. The number of benzene rings is 2. The minimum absolute atomic E-state index is 0.668. The number of nitrogens with one attached hydrogen (secondary N) is 1. The Hall–Kier alpha value is -3.71. The zero-order valence-electron chi connectivity index (χ0n) is 18.0. The molecule has 5 rings (SSSR count). The van der Waals surface area contributed by atoms with Gasteiger partial charge >= 0.3 is 0 Å². The summed E-state index contributed by atoms with van der Waals surface area (Å²) in [5, 5.41) is 19.2. The van der Waals surface area contributed by atoms with Crippen molar-refractivity contribution in [3.8, 4) is 11.3 Å². The zero-order chi connectivity index (χ0) is 21.8. The number of hydrogen-bond acceptors (Lipinski definition) is 5. The van der Waals surface area contributed by atoms with Gasteiger partial charge in [-0.1, -0.05) is 18.2 Å². The van der Waals surface area contributed by atoms with E-state index in [1.165, 1.54) is 0 Å². The lowest BCUT2D eigenvalue weighted by molar-refractivity contribution is 0.0786. The molecule has 0 spiro atoms. The van der Waals surface area contributed by atoms with Crippen LogP contribution >= 0.6 is 0 Å². The summed E-state index contributed by atoms with van der Waals surface area (Å²) in [6, 6.07) is 13.9. The monoisotopic (exact) mass is 412 g/mol. The van der Waals surface area contributed by atoms with E-state index >= 15 is 0 Å². The van der Waals surface area contributed by atoms with Gasteiger partial charge < -0.3 is 14.8 Å². The first-order valence-electron chi connectivity index (χ1n) is 10.2. The number of rotatable bonds is 4. The molecule has 0 bridgehead atoms. The summed E-state index contributed by atoms with van der Waals surface area (Å²) in [5.41, 5.74) is 5.53. The van der Waals surface area contributed by atoms with Gasteiger partial charge in [-0.25, -0.2) is 9.97 Å². The number of hydrogen-bond donors (Lipinski definition) is 2. The van der Waals surface area contributed by atoms with E-state index in [1.807, 2.05) is 64.9 Å². The first-order valence-corrected chi connectivity index (χ1v) is 10.2. The van der Waals surface area contributed by atoms with Crippen LogP contribution in [0.2, 0.25) is 0 Å². The van der Waals surface area contributed by atoms with Crippen molar-refractivity contribution in [3.05, 3.63) is 72.3 Å². The second-order valence-corrected chi connectivity index (χ2v) is 8.34. The average Bonchev–Trinajstić information content (AvgIpc) is 3.32. The summed E-state index contributed by atoms with van der Waals surface area (Å²) in [6.45, 7) is 5.61. The third-order valence-electron chi connectivity index (χ3n) is 5.65. The predicted octanol–water partition coefficient (Wildman–Crippen LogP) is 4.56. The van der Waals surface area contributed by atoms with Crippen molar-refractivity contribution >= 4 is 28.1 Å². The number of aryl methyl sites for hydroxylation is 2. The van der Waals surface area contributed by atoms with E-state index in [4.69, 9.17) is 4.98 Å². The highest BCUT2D eigenvalue weighted by Crippen LogP contribution is 2.29. The number of aromatic nitrogens is 5. The molecule has 2 aromatic carbocycles. The zero-order valence-corrected chi connectivity index (χ0v) is 18.0. The third-order valence-corrected chi connectivity index (χ3v) is 5.65. The van der Waals surface area contributed by atoms with Crippen molar-refractivity contribution in [2.75, 3.05) is 5.32 Å². The van der Waals surface area contributed by atoms with Crippen molar-refractivity contribution in [3.63, 3.8) is 0 Å². The van der Waals surface area contributed by atoms with Crippen LogP contribution in [-0.4, -0.2) is 29.3 Å². The van der Waals surface area contributed by atoms with E-state index in [0.29, 0.717) is 5.82 Å². The lowest BCUT2D eigenvalue weighted by atomic mass is 9.98. The average molecular weight is 412 g/mol. The Kier molecular flexibility index (Phi) is 4.30. The molecule has 31 heavy (non-hydrogen) atoms. The first-order chi connectivity index (χ1) is 14.8. The molecule has 7 heteroatoms. The molecular formula is C24H24N6O. The molecule has 0 aliphatic carbocycles. The van der Waals surface area contributed by atoms with Crippen LogP contribution in [-0.2, 0) is 12.6 Å². The highest BCUT2D eigenvalue weighted by molar-refractivity contribution is 5.86. The molecule has 3 aromatic heterocycles.